The summed E-state index contributed by atoms with van der Waals surface area (Å²) in [6.45, 7) is 18.6. The van der Waals surface area contributed by atoms with E-state index in [2.05, 4.69) is 44.4 Å². The molecule has 0 saturated carbocycles. The predicted octanol–water partition coefficient (Wildman–Crippen LogP) is 3.86. The Labute approximate surface area is 126 Å². The molecular formula is C18H36N2. The van der Waals surface area contributed by atoms with E-state index in [4.69, 9.17) is 0 Å². The molecule has 2 heterocycles. The first-order chi connectivity index (χ1) is 9.40. The van der Waals surface area contributed by atoms with Crippen molar-refractivity contribution in [1.29, 1.82) is 0 Å². The van der Waals surface area contributed by atoms with Gasteiger partial charge in [-0.3, -0.25) is 0 Å². The third-order valence-corrected chi connectivity index (χ3v) is 5.86. The van der Waals surface area contributed by atoms with Crippen LogP contribution in [0.4, 0.5) is 0 Å². The van der Waals surface area contributed by atoms with Crippen LogP contribution in [0.1, 0.15) is 60.3 Å². The van der Waals surface area contributed by atoms with Crippen LogP contribution in [0.5, 0.6) is 0 Å². The van der Waals surface area contributed by atoms with Crippen LogP contribution in [0.3, 0.4) is 0 Å². The summed E-state index contributed by atoms with van der Waals surface area (Å²) in [6, 6.07) is 0.784. The molecule has 0 bridgehead atoms. The van der Waals surface area contributed by atoms with Gasteiger partial charge in [-0.25, -0.2) is 0 Å². The van der Waals surface area contributed by atoms with Gasteiger partial charge in [-0.15, -0.1) is 0 Å². The Kier molecular flexibility index (Phi) is 5.53. The second kappa shape index (κ2) is 6.79. The normalized spacial score (nSPS) is 28.9. The second-order valence-corrected chi connectivity index (χ2v) is 8.35. The van der Waals surface area contributed by atoms with Crippen molar-refractivity contribution >= 4 is 0 Å². The maximum atomic E-state index is 2.74. The summed E-state index contributed by atoms with van der Waals surface area (Å²) in [5.74, 6) is 1.86. The predicted molar refractivity (Wildman–Crippen MR) is 88.1 cm³/mol. The minimum atomic E-state index is 0.507. The monoisotopic (exact) mass is 280 g/mol. The Morgan fingerprint density at radius 1 is 1.05 bits per heavy atom. The summed E-state index contributed by atoms with van der Waals surface area (Å²) in [7, 11) is 0. The lowest BCUT2D eigenvalue weighted by Crippen LogP contribution is -2.41. The van der Waals surface area contributed by atoms with E-state index in [1.807, 2.05) is 0 Å². The van der Waals surface area contributed by atoms with E-state index >= 15 is 0 Å². The molecule has 0 radical (unpaired) electrons. The zero-order valence-corrected chi connectivity index (χ0v) is 14.5. The summed E-state index contributed by atoms with van der Waals surface area (Å²) in [4.78, 5) is 5.44. The lowest BCUT2D eigenvalue weighted by molar-refractivity contribution is 0.100. The van der Waals surface area contributed by atoms with E-state index in [1.54, 1.807) is 0 Å². The van der Waals surface area contributed by atoms with Crippen LogP contribution >= 0.6 is 0 Å². The Morgan fingerprint density at radius 2 is 1.70 bits per heavy atom. The van der Waals surface area contributed by atoms with E-state index in [1.165, 1.54) is 58.4 Å². The molecule has 1 unspecified atom stereocenters. The molecule has 0 aromatic rings. The van der Waals surface area contributed by atoms with Crippen LogP contribution in [0.25, 0.3) is 0 Å². The van der Waals surface area contributed by atoms with Gasteiger partial charge in [0.05, 0.1) is 0 Å². The number of nitrogens with zero attached hydrogens (tertiary/aromatic N) is 2. The van der Waals surface area contributed by atoms with E-state index < -0.39 is 0 Å². The topological polar surface area (TPSA) is 6.48 Å². The Bertz CT molecular complexity index is 286. The van der Waals surface area contributed by atoms with Gasteiger partial charge in [0.15, 0.2) is 0 Å². The first kappa shape index (κ1) is 16.3. The number of hydrogen-bond acceptors (Lipinski definition) is 2. The molecular weight excluding hydrogens is 244 g/mol. The maximum Gasteiger partial charge on any atom is 0.00644 e. The quantitative estimate of drug-likeness (QED) is 0.771. The first-order valence-electron chi connectivity index (χ1n) is 8.86. The maximum absolute atomic E-state index is 2.74. The third-order valence-electron chi connectivity index (χ3n) is 5.86. The van der Waals surface area contributed by atoms with Crippen LogP contribution < -0.4 is 0 Å². The average Bonchev–Trinajstić information content (AvgIpc) is 2.86. The lowest BCUT2D eigenvalue weighted by atomic mass is 9.75. The molecule has 20 heavy (non-hydrogen) atoms. The van der Waals surface area contributed by atoms with E-state index in [0.29, 0.717) is 5.41 Å². The average molecular weight is 280 g/mol. The molecule has 2 nitrogen and oxygen atoms in total. The van der Waals surface area contributed by atoms with Crippen LogP contribution in [-0.4, -0.2) is 48.6 Å². The minimum absolute atomic E-state index is 0.507. The number of piperidine rings is 1. The van der Waals surface area contributed by atoms with E-state index in [9.17, 15) is 0 Å². The van der Waals surface area contributed by atoms with Gasteiger partial charge >= 0.3 is 0 Å². The fourth-order valence-electron chi connectivity index (χ4n) is 4.02. The number of rotatable bonds is 4. The largest absolute Gasteiger partial charge is 0.303 e. The molecule has 2 saturated heterocycles. The summed E-state index contributed by atoms with van der Waals surface area (Å²) >= 11 is 0. The Balaban J connectivity index is 1.71. The van der Waals surface area contributed by atoms with Gasteiger partial charge in [0.25, 0.3) is 0 Å². The fourth-order valence-corrected chi connectivity index (χ4v) is 4.02. The molecule has 0 spiro atoms. The third kappa shape index (κ3) is 4.21. The van der Waals surface area contributed by atoms with Crippen molar-refractivity contribution < 1.29 is 0 Å². The highest BCUT2D eigenvalue weighted by molar-refractivity contribution is 4.85. The summed E-state index contributed by atoms with van der Waals surface area (Å²) < 4.78 is 0. The van der Waals surface area contributed by atoms with Gasteiger partial charge < -0.3 is 9.80 Å². The smallest absolute Gasteiger partial charge is 0.00644 e. The van der Waals surface area contributed by atoms with E-state index in [0.717, 1.165) is 17.9 Å². The molecule has 2 aliphatic heterocycles. The highest BCUT2D eigenvalue weighted by atomic mass is 15.2. The van der Waals surface area contributed by atoms with Crippen LogP contribution in [0.2, 0.25) is 0 Å². The van der Waals surface area contributed by atoms with Gasteiger partial charge in [0, 0.05) is 19.1 Å². The molecule has 0 aromatic heterocycles. The van der Waals surface area contributed by atoms with Crippen molar-refractivity contribution in [1.82, 2.24) is 9.80 Å². The summed E-state index contributed by atoms with van der Waals surface area (Å²) in [6.07, 6.45) is 5.53. The number of hydrogen-bond donors (Lipinski definition) is 0. The van der Waals surface area contributed by atoms with Crippen LogP contribution in [0, 0.1) is 17.3 Å². The van der Waals surface area contributed by atoms with Crippen molar-refractivity contribution in [2.75, 3.05) is 32.7 Å². The molecule has 118 valence electrons. The Morgan fingerprint density at radius 3 is 2.25 bits per heavy atom. The van der Waals surface area contributed by atoms with Gasteiger partial charge in [0.1, 0.15) is 0 Å². The van der Waals surface area contributed by atoms with Crippen molar-refractivity contribution in [2.45, 2.75) is 66.3 Å². The SMILES string of the molecule is CCC(C)N1CC[C@@H](CN2CCC(C(C)(C)C)CC2)C1. The molecule has 2 aliphatic rings. The molecule has 2 heteroatoms. The van der Waals surface area contributed by atoms with Crippen LogP contribution in [-0.2, 0) is 0 Å². The molecule has 0 aliphatic carbocycles. The summed E-state index contributed by atoms with van der Waals surface area (Å²) in [5, 5.41) is 0. The minimum Gasteiger partial charge on any atom is -0.303 e. The molecule has 2 atom stereocenters. The first-order valence-corrected chi connectivity index (χ1v) is 8.86. The molecule has 0 amide bonds. The van der Waals surface area contributed by atoms with Crippen molar-refractivity contribution in [3.05, 3.63) is 0 Å². The Hall–Kier alpha value is -0.0800. The number of likely N-dealkylation sites (tertiary alicyclic amines) is 2. The van der Waals surface area contributed by atoms with Crippen molar-refractivity contribution in [2.24, 2.45) is 17.3 Å². The fraction of sp³-hybridized carbons (Fsp3) is 1.00. The lowest BCUT2D eigenvalue weighted by Gasteiger charge is -2.39. The highest BCUT2D eigenvalue weighted by Crippen LogP contribution is 2.34. The van der Waals surface area contributed by atoms with Gasteiger partial charge in [-0.1, -0.05) is 27.7 Å². The highest BCUT2D eigenvalue weighted by Gasteiger charge is 2.31. The zero-order valence-electron chi connectivity index (χ0n) is 14.5. The molecule has 2 rings (SSSR count). The van der Waals surface area contributed by atoms with Gasteiger partial charge in [0.2, 0.25) is 0 Å². The van der Waals surface area contributed by atoms with Crippen LogP contribution in [0.15, 0.2) is 0 Å². The zero-order chi connectivity index (χ0) is 14.8. The standard InChI is InChI=1S/C18H36N2/c1-6-15(2)20-12-7-16(14-20)13-19-10-8-17(9-11-19)18(3,4)5/h15-17H,6-14H2,1-5H3/t15?,16-/m0/s1. The summed E-state index contributed by atoms with van der Waals surface area (Å²) in [5.41, 5.74) is 0.507. The van der Waals surface area contributed by atoms with Gasteiger partial charge in [-0.05, 0) is 69.5 Å². The van der Waals surface area contributed by atoms with Crippen molar-refractivity contribution in [3.8, 4) is 0 Å². The second-order valence-electron chi connectivity index (χ2n) is 8.35. The van der Waals surface area contributed by atoms with E-state index in [-0.39, 0.29) is 0 Å². The van der Waals surface area contributed by atoms with Gasteiger partial charge in [-0.2, -0.15) is 0 Å². The van der Waals surface area contributed by atoms with Crippen molar-refractivity contribution in [3.63, 3.8) is 0 Å². The molecule has 2 fully saturated rings. The molecule has 0 N–H and O–H groups in total. The molecule has 0 aromatic carbocycles.